The molecule has 2 aliphatic rings. The van der Waals surface area contributed by atoms with Crippen molar-refractivity contribution in [2.45, 2.75) is 63.5 Å². The van der Waals surface area contributed by atoms with E-state index in [0.29, 0.717) is 0 Å². The molecule has 0 unspecified atom stereocenters. The van der Waals surface area contributed by atoms with Gasteiger partial charge in [0.25, 0.3) is 0 Å². The average molecular weight is 254 g/mol. The van der Waals surface area contributed by atoms with Crippen LogP contribution in [0.4, 0.5) is 0 Å². The topological polar surface area (TPSA) is 38.5 Å². The predicted molar refractivity (Wildman–Crippen MR) is 75.6 cm³/mol. The van der Waals surface area contributed by atoms with Gasteiger partial charge in [-0.1, -0.05) is 13.3 Å². The third-order valence-electron chi connectivity index (χ3n) is 5.49. The Labute approximate surface area is 112 Å². The van der Waals surface area contributed by atoms with E-state index in [9.17, 15) is 0 Å². The molecule has 0 atom stereocenters. The summed E-state index contributed by atoms with van der Waals surface area (Å²) in [6.07, 6.45) is 9.09. The molecule has 2 rings (SSSR count). The molecule has 0 aromatic carbocycles. The van der Waals surface area contributed by atoms with Gasteiger partial charge in [-0.15, -0.1) is 0 Å². The Bertz CT molecular complexity index is 243. The number of hydrogen-bond donors (Lipinski definition) is 1. The maximum Gasteiger partial charge on any atom is 0.0484 e. The zero-order valence-corrected chi connectivity index (χ0v) is 12.2. The first kappa shape index (κ1) is 14.3. The van der Waals surface area contributed by atoms with E-state index in [1.165, 1.54) is 32.1 Å². The predicted octanol–water partition coefficient (Wildman–Crippen LogP) is 2.39. The summed E-state index contributed by atoms with van der Waals surface area (Å²) in [5.74, 6) is 0.971. The van der Waals surface area contributed by atoms with E-state index in [1.54, 1.807) is 0 Å². The lowest BCUT2D eigenvalue weighted by Gasteiger charge is -2.49. The van der Waals surface area contributed by atoms with Crippen molar-refractivity contribution >= 4 is 0 Å². The van der Waals surface area contributed by atoms with Crippen LogP contribution in [0.25, 0.3) is 0 Å². The maximum atomic E-state index is 6.10. The van der Waals surface area contributed by atoms with Crippen molar-refractivity contribution < 1.29 is 4.74 Å². The molecule has 2 fully saturated rings. The highest BCUT2D eigenvalue weighted by atomic mass is 16.5. The number of nitrogens with two attached hydrogens (primary N) is 1. The van der Waals surface area contributed by atoms with Crippen molar-refractivity contribution in [1.29, 1.82) is 0 Å². The molecule has 1 heterocycles. The van der Waals surface area contributed by atoms with Gasteiger partial charge < -0.3 is 10.5 Å². The number of ether oxygens (including phenoxy) is 1. The molecule has 0 radical (unpaired) electrons. The molecule has 0 aromatic heterocycles. The quantitative estimate of drug-likeness (QED) is 0.837. The molecule has 1 saturated heterocycles. The zero-order valence-electron chi connectivity index (χ0n) is 12.2. The smallest absolute Gasteiger partial charge is 0.0484 e. The lowest BCUT2D eigenvalue weighted by molar-refractivity contribution is -0.0391. The molecular formula is C15H30N2O. The number of likely N-dealkylation sites (N-methyl/N-ethyl adjacent to an activating group) is 1. The van der Waals surface area contributed by atoms with Crippen molar-refractivity contribution in [3.05, 3.63) is 0 Å². The molecule has 3 heteroatoms. The van der Waals surface area contributed by atoms with Crippen molar-refractivity contribution in [2.75, 3.05) is 26.8 Å². The van der Waals surface area contributed by atoms with E-state index in [-0.39, 0.29) is 5.54 Å². The summed E-state index contributed by atoms with van der Waals surface area (Å²) >= 11 is 0. The largest absolute Gasteiger partial charge is 0.381 e. The lowest BCUT2D eigenvalue weighted by atomic mass is 9.80. The Morgan fingerprint density at radius 2 is 1.78 bits per heavy atom. The second-order valence-corrected chi connectivity index (χ2v) is 6.23. The molecule has 0 bridgehead atoms. The molecule has 0 amide bonds. The van der Waals surface area contributed by atoms with E-state index < -0.39 is 0 Å². The minimum atomic E-state index is 0.210. The van der Waals surface area contributed by atoms with E-state index in [2.05, 4.69) is 18.9 Å². The highest BCUT2D eigenvalue weighted by Crippen LogP contribution is 2.35. The van der Waals surface area contributed by atoms with Crippen LogP contribution >= 0.6 is 0 Å². The molecule has 0 aromatic rings. The van der Waals surface area contributed by atoms with Crippen LogP contribution in [0.3, 0.4) is 0 Å². The molecule has 1 saturated carbocycles. The van der Waals surface area contributed by atoms with Gasteiger partial charge in [-0.05, 0) is 51.5 Å². The molecule has 2 N–H and O–H groups in total. The molecular weight excluding hydrogens is 224 g/mol. The van der Waals surface area contributed by atoms with Gasteiger partial charge in [-0.3, -0.25) is 4.90 Å². The number of hydrogen-bond acceptors (Lipinski definition) is 3. The number of nitrogens with zero attached hydrogens (tertiary/aromatic N) is 1. The fourth-order valence-corrected chi connectivity index (χ4v) is 3.78. The summed E-state index contributed by atoms with van der Waals surface area (Å²) in [5, 5.41) is 0. The van der Waals surface area contributed by atoms with Crippen molar-refractivity contribution in [3.8, 4) is 0 Å². The third-order valence-corrected chi connectivity index (χ3v) is 5.49. The highest BCUT2D eigenvalue weighted by Gasteiger charge is 2.39. The molecule has 0 spiro atoms. The van der Waals surface area contributed by atoms with E-state index in [0.717, 1.165) is 44.6 Å². The van der Waals surface area contributed by atoms with Gasteiger partial charge in [0.1, 0.15) is 0 Å². The number of rotatable bonds is 4. The van der Waals surface area contributed by atoms with Gasteiger partial charge in [-0.2, -0.15) is 0 Å². The van der Waals surface area contributed by atoms with Crippen LogP contribution in [-0.2, 0) is 4.74 Å². The van der Waals surface area contributed by atoms with Crippen molar-refractivity contribution in [3.63, 3.8) is 0 Å². The highest BCUT2D eigenvalue weighted by molar-refractivity contribution is 4.96. The standard InChI is InChI=1S/C15H30N2O/c1-3-13-4-6-14(7-5-13)17(2)15(12-16)8-10-18-11-9-15/h13-14H,3-12,16H2,1-2H3. The Morgan fingerprint density at radius 1 is 1.17 bits per heavy atom. The van der Waals surface area contributed by atoms with Crippen LogP contribution in [0.2, 0.25) is 0 Å². The molecule has 1 aliphatic carbocycles. The third kappa shape index (κ3) is 2.89. The first-order valence-electron chi connectivity index (χ1n) is 7.72. The zero-order chi connectivity index (χ0) is 13.0. The van der Waals surface area contributed by atoms with Crippen molar-refractivity contribution in [1.82, 2.24) is 4.90 Å². The van der Waals surface area contributed by atoms with Crippen LogP contribution < -0.4 is 5.73 Å². The first-order valence-corrected chi connectivity index (χ1v) is 7.72. The molecule has 106 valence electrons. The Balaban J connectivity index is 1.94. The van der Waals surface area contributed by atoms with Crippen LogP contribution in [0.1, 0.15) is 51.9 Å². The Kier molecular flexibility index (Phi) is 5.05. The summed E-state index contributed by atoms with van der Waals surface area (Å²) in [7, 11) is 2.30. The molecule has 18 heavy (non-hydrogen) atoms. The van der Waals surface area contributed by atoms with Crippen LogP contribution in [0.15, 0.2) is 0 Å². The minimum absolute atomic E-state index is 0.210. The summed E-state index contributed by atoms with van der Waals surface area (Å²) in [6, 6.07) is 0.745. The minimum Gasteiger partial charge on any atom is -0.381 e. The summed E-state index contributed by atoms with van der Waals surface area (Å²) < 4.78 is 5.52. The van der Waals surface area contributed by atoms with Crippen LogP contribution in [0.5, 0.6) is 0 Å². The van der Waals surface area contributed by atoms with E-state index >= 15 is 0 Å². The average Bonchev–Trinajstić information content (AvgIpc) is 2.47. The van der Waals surface area contributed by atoms with Gasteiger partial charge in [0, 0.05) is 31.3 Å². The Morgan fingerprint density at radius 3 is 2.28 bits per heavy atom. The van der Waals surface area contributed by atoms with Crippen molar-refractivity contribution in [2.24, 2.45) is 11.7 Å². The van der Waals surface area contributed by atoms with Gasteiger partial charge in [-0.25, -0.2) is 0 Å². The summed E-state index contributed by atoms with van der Waals surface area (Å²) in [4.78, 5) is 2.61. The van der Waals surface area contributed by atoms with Gasteiger partial charge in [0.15, 0.2) is 0 Å². The first-order chi connectivity index (χ1) is 8.72. The van der Waals surface area contributed by atoms with Crippen LogP contribution in [-0.4, -0.2) is 43.3 Å². The normalized spacial score (nSPS) is 32.7. The SMILES string of the molecule is CCC1CCC(N(C)C2(CN)CCOCC2)CC1. The van der Waals surface area contributed by atoms with E-state index in [4.69, 9.17) is 10.5 Å². The molecule has 3 nitrogen and oxygen atoms in total. The fourth-order valence-electron chi connectivity index (χ4n) is 3.78. The second kappa shape index (κ2) is 6.36. The fraction of sp³-hybridized carbons (Fsp3) is 1.00. The Hall–Kier alpha value is -0.120. The van der Waals surface area contributed by atoms with Gasteiger partial charge in [0.05, 0.1) is 0 Å². The lowest BCUT2D eigenvalue weighted by Crippen LogP contribution is -2.59. The summed E-state index contributed by atoms with van der Waals surface area (Å²) in [6.45, 7) is 4.87. The monoisotopic (exact) mass is 254 g/mol. The summed E-state index contributed by atoms with van der Waals surface area (Å²) in [5.41, 5.74) is 6.31. The van der Waals surface area contributed by atoms with Crippen LogP contribution in [0, 0.1) is 5.92 Å². The van der Waals surface area contributed by atoms with Gasteiger partial charge >= 0.3 is 0 Å². The van der Waals surface area contributed by atoms with Gasteiger partial charge in [0.2, 0.25) is 0 Å². The second-order valence-electron chi connectivity index (χ2n) is 6.23. The van der Waals surface area contributed by atoms with E-state index in [1.807, 2.05) is 0 Å². The molecule has 1 aliphatic heterocycles. The maximum absolute atomic E-state index is 6.10.